The second-order valence-electron chi connectivity index (χ2n) is 10.9. The fraction of sp³-hybridized carbons (Fsp3) is 0.139. The highest BCUT2D eigenvalue weighted by atomic mass is 35.5. The number of hydrogen-bond donors (Lipinski definition) is 0. The molecular formula is C36H29Cl4N2OP. The van der Waals surface area contributed by atoms with Gasteiger partial charge in [0.05, 0.1) is 21.8 Å². The van der Waals surface area contributed by atoms with Crippen LogP contribution < -0.4 is 0 Å². The monoisotopic (exact) mass is 676 g/mol. The fourth-order valence-corrected chi connectivity index (χ4v) is 9.34. The molecule has 3 atom stereocenters. The molecule has 0 spiro atoms. The van der Waals surface area contributed by atoms with Gasteiger partial charge in [-0.15, -0.1) is 0 Å². The molecule has 2 aliphatic rings. The van der Waals surface area contributed by atoms with E-state index in [9.17, 15) is 0 Å². The van der Waals surface area contributed by atoms with Crippen molar-refractivity contribution in [3.8, 4) is 0 Å². The molecule has 3 nitrogen and oxygen atoms in total. The molecule has 0 saturated heterocycles. The van der Waals surface area contributed by atoms with E-state index in [0.29, 0.717) is 20.1 Å². The smallest absolute Gasteiger partial charge is 0.234 e. The van der Waals surface area contributed by atoms with Gasteiger partial charge < -0.3 is 0 Å². The summed E-state index contributed by atoms with van der Waals surface area (Å²) in [5, 5.41) is 7.25. The molecule has 1 heterocycles. The Hall–Kier alpha value is -3.04. The maximum Gasteiger partial charge on any atom is 0.234 e. The number of halogens is 4. The van der Waals surface area contributed by atoms with Crippen LogP contribution in [0.3, 0.4) is 0 Å². The molecule has 1 aliphatic carbocycles. The van der Waals surface area contributed by atoms with E-state index in [1.165, 1.54) is 0 Å². The molecule has 0 radical (unpaired) electrons. The highest BCUT2D eigenvalue weighted by Gasteiger charge is 2.47. The number of nitrogens with zero attached hydrogens (tertiary/aromatic N) is 2. The van der Waals surface area contributed by atoms with Crippen molar-refractivity contribution < 1.29 is 4.57 Å². The first kappa shape index (κ1) is 31.0. The van der Waals surface area contributed by atoms with Gasteiger partial charge in [0.2, 0.25) is 7.29 Å². The summed E-state index contributed by atoms with van der Waals surface area (Å²) in [6.45, 7) is 0. The maximum absolute atomic E-state index is 15.5. The van der Waals surface area contributed by atoms with Crippen molar-refractivity contribution in [2.45, 2.75) is 25.3 Å². The zero-order valence-electron chi connectivity index (χ0n) is 23.7. The molecule has 0 bridgehead atoms. The molecule has 8 heteroatoms. The molecule has 0 aromatic heterocycles. The third kappa shape index (κ3) is 6.79. The van der Waals surface area contributed by atoms with E-state index in [1.807, 2.05) is 109 Å². The van der Waals surface area contributed by atoms with Crippen molar-refractivity contribution in [3.63, 3.8) is 0 Å². The van der Waals surface area contributed by atoms with E-state index in [0.717, 1.165) is 52.8 Å². The number of allylic oxidation sites excluding steroid dienone is 1. The lowest BCUT2D eigenvalue weighted by Gasteiger charge is -2.33. The van der Waals surface area contributed by atoms with Gasteiger partial charge in [-0.1, -0.05) is 131 Å². The molecule has 1 aliphatic heterocycles. The Bertz CT molecular complexity index is 1740. The molecule has 0 amide bonds. The quantitative estimate of drug-likeness (QED) is 0.182. The molecule has 6 rings (SSSR count). The Morgan fingerprint density at radius 2 is 1.27 bits per heavy atom. The first-order valence-corrected chi connectivity index (χ1v) is 17.7. The van der Waals surface area contributed by atoms with Crippen molar-refractivity contribution in [2.75, 3.05) is 0 Å². The Morgan fingerprint density at radius 3 is 1.82 bits per heavy atom. The van der Waals surface area contributed by atoms with Gasteiger partial charge in [-0.25, -0.2) is 4.78 Å². The van der Waals surface area contributed by atoms with Crippen molar-refractivity contribution in [1.82, 2.24) is 4.78 Å². The van der Waals surface area contributed by atoms with E-state index in [1.54, 1.807) is 16.4 Å². The van der Waals surface area contributed by atoms with E-state index in [2.05, 4.69) is 6.08 Å². The lowest BCUT2D eigenvalue weighted by atomic mass is 9.78. The average Bonchev–Trinajstić information content (AvgIpc) is 3.45. The largest absolute Gasteiger partial charge is 0.290 e. The molecule has 4 aromatic rings. The normalized spacial score (nSPS) is 21.1. The van der Waals surface area contributed by atoms with Gasteiger partial charge in [-0.2, -0.15) is 5.10 Å². The number of hydrazone groups is 1. The second kappa shape index (κ2) is 13.5. The molecule has 0 N–H and O–H groups in total. The molecular weight excluding hydrogens is 649 g/mol. The minimum atomic E-state index is -3.65. The topological polar surface area (TPSA) is 32.7 Å². The molecule has 222 valence electrons. The van der Waals surface area contributed by atoms with E-state index >= 15 is 4.57 Å². The summed E-state index contributed by atoms with van der Waals surface area (Å²) in [7, 11) is -3.65. The highest BCUT2D eigenvalue weighted by molar-refractivity contribution is 7.68. The van der Waals surface area contributed by atoms with Crippen LogP contribution in [-0.4, -0.2) is 10.5 Å². The average molecular weight is 678 g/mol. The van der Waals surface area contributed by atoms with Gasteiger partial charge in [-0.3, -0.25) is 4.57 Å². The maximum atomic E-state index is 15.5. The van der Waals surface area contributed by atoms with Gasteiger partial charge in [0.25, 0.3) is 0 Å². The van der Waals surface area contributed by atoms with Crippen LogP contribution in [0.1, 0.15) is 47.6 Å². The van der Waals surface area contributed by atoms with Crippen LogP contribution in [0.5, 0.6) is 0 Å². The summed E-state index contributed by atoms with van der Waals surface area (Å²) in [6.07, 6.45) is 4.90. The Morgan fingerprint density at radius 1 is 0.750 bits per heavy atom. The molecule has 44 heavy (non-hydrogen) atoms. The fourth-order valence-electron chi connectivity index (χ4n) is 5.82. The third-order valence-corrected chi connectivity index (χ3v) is 11.6. The summed E-state index contributed by atoms with van der Waals surface area (Å²) in [5.41, 5.74) is 5.58. The van der Waals surface area contributed by atoms with Gasteiger partial charge >= 0.3 is 0 Å². The molecule has 3 unspecified atom stereocenters. The molecule has 4 aromatic carbocycles. The van der Waals surface area contributed by atoms with Crippen molar-refractivity contribution in [3.05, 3.63) is 159 Å². The lowest BCUT2D eigenvalue weighted by molar-refractivity contribution is 0.315. The van der Waals surface area contributed by atoms with Crippen LogP contribution in [0.25, 0.3) is 16.1 Å². The summed E-state index contributed by atoms with van der Waals surface area (Å²) in [5.74, 6) is 3.26. The summed E-state index contributed by atoms with van der Waals surface area (Å²) < 4.78 is 17.3. The number of hydrogen-bond acceptors (Lipinski definition) is 2. The van der Waals surface area contributed by atoms with Gasteiger partial charge in [0.1, 0.15) is 0 Å². The minimum Gasteiger partial charge on any atom is -0.290 e. The van der Waals surface area contributed by atoms with Crippen molar-refractivity contribution >= 4 is 75.5 Å². The Kier molecular flexibility index (Phi) is 9.52. The Balaban J connectivity index is 1.54. The molecule has 1 fully saturated rings. The minimum absolute atomic E-state index is 0.00426. The first-order valence-electron chi connectivity index (χ1n) is 14.4. The van der Waals surface area contributed by atoms with Crippen LogP contribution in [-0.2, 0) is 4.57 Å². The van der Waals surface area contributed by atoms with Gasteiger partial charge in [0.15, 0.2) is 0 Å². The van der Waals surface area contributed by atoms with E-state index < -0.39 is 7.29 Å². The standard InChI is InChI=1S/C36H29Cl4N2OP/c37-30-18-14-25(15-19-30)22-29-12-7-13-32-35(29)41-42(36(32)28-16-20-31(38)21-17-28)44(43,23-33(39)26-8-3-1-4-9-26)24-34(40)27-10-5-2-6-11-27/h1-6,8-11,14-24,32,36H,7,12-13H2/b29-22+,33-23-,34-24+. The first-order chi connectivity index (χ1) is 21.3. The van der Waals surface area contributed by atoms with Gasteiger partial charge in [0, 0.05) is 27.6 Å². The predicted octanol–water partition coefficient (Wildman–Crippen LogP) is 12.3. The zero-order valence-corrected chi connectivity index (χ0v) is 27.6. The number of fused-ring (bicyclic) bond motifs is 1. The number of benzene rings is 4. The van der Waals surface area contributed by atoms with E-state index in [-0.39, 0.29) is 12.0 Å². The zero-order chi connectivity index (χ0) is 30.7. The summed E-state index contributed by atoms with van der Waals surface area (Å²) >= 11 is 26.3. The third-order valence-electron chi connectivity index (χ3n) is 7.92. The lowest BCUT2D eigenvalue weighted by Crippen LogP contribution is -2.26. The van der Waals surface area contributed by atoms with Crippen LogP contribution >= 0.6 is 53.7 Å². The van der Waals surface area contributed by atoms with Crippen LogP contribution in [0.4, 0.5) is 0 Å². The van der Waals surface area contributed by atoms with Gasteiger partial charge in [-0.05, 0) is 77.4 Å². The molecule has 1 saturated carbocycles. The summed E-state index contributed by atoms with van der Waals surface area (Å²) in [4.78, 5) is 0. The van der Waals surface area contributed by atoms with Crippen LogP contribution in [0.2, 0.25) is 10.0 Å². The summed E-state index contributed by atoms with van der Waals surface area (Å²) in [6, 6.07) is 34.2. The number of rotatable bonds is 7. The van der Waals surface area contributed by atoms with Crippen molar-refractivity contribution in [2.24, 2.45) is 11.0 Å². The van der Waals surface area contributed by atoms with Crippen LogP contribution in [0.15, 0.2) is 132 Å². The SMILES string of the molecule is O=P(/C=C(\Cl)c1ccccc1)(/C=C(/Cl)c1ccccc1)N1N=C2/C(=C/c3ccc(Cl)cc3)CCCC2C1c1ccc(Cl)cc1. The highest BCUT2D eigenvalue weighted by Crippen LogP contribution is 2.64. The van der Waals surface area contributed by atoms with E-state index in [4.69, 9.17) is 51.5 Å². The Labute approximate surface area is 278 Å². The second-order valence-corrected chi connectivity index (χ2v) is 14.8. The predicted molar refractivity (Wildman–Crippen MR) is 188 cm³/mol. The van der Waals surface area contributed by atoms with Crippen LogP contribution in [0, 0.1) is 5.92 Å². The van der Waals surface area contributed by atoms with Crippen molar-refractivity contribution in [1.29, 1.82) is 0 Å².